The number of hydrogen-bond donors (Lipinski definition) is 0. The van der Waals surface area contributed by atoms with Crippen molar-refractivity contribution in [2.24, 2.45) is 4.99 Å². The number of aromatic nitrogens is 1. The molecule has 0 N–H and O–H groups in total. The largest absolute Gasteiger partial charge is 0.493 e. The van der Waals surface area contributed by atoms with Crippen LogP contribution in [0.15, 0.2) is 75.3 Å². The smallest absolute Gasteiger partial charge is 0.271 e. The first-order chi connectivity index (χ1) is 16.7. The number of allylic oxidation sites excluding steroid dienone is 1. The van der Waals surface area contributed by atoms with Crippen LogP contribution < -0.4 is 24.4 Å². The Morgan fingerprint density at radius 2 is 1.91 bits per heavy atom. The second-order valence-corrected chi connectivity index (χ2v) is 10.2. The summed E-state index contributed by atoms with van der Waals surface area (Å²) in [7, 11) is 3.28. The summed E-state index contributed by atoms with van der Waals surface area (Å²) in [6, 6.07) is 18.0. The Morgan fingerprint density at radius 3 is 2.71 bits per heavy atom. The van der Waals surface area contributed by atoms with E-state index in [9.17, 15) is 4.79 Å². The van der Waals surface area contributed by atoms with E-state index in [-0.39, 0.29) is 11.6 Å². The Hall–Kier alpha value is -3.42. The molecule has 4 aromatic rings. The molecule has 0 saturated carbocycles. The number of benzene rings is 2. The maximum atomic E-state index is 13.8. The molecule has 7 heteroatoms. The summed E-state index contributed by atoms with van der Waals surface area (Å²) < 4.78 is 13.9. The molecule has 0 bridgehead atoms. The molecular formula is C27H22N2O3S2. The number of thiophene rings is 1. The van der Waals surface area contributed by atoms with Crippen LogP contribution in [0, 0.1) is 0 Å². The Morgan fingerprint density at radius 1 is 1.03 bits per heavy atom. The van der Waals surface area contributed by atoms with Crippen LogP contribution in [-0.4, -0.2) is 18.8 Å². The number of rotatable bonds is 4. The van der Waals surface area contributed by atoms with Gasteiger partial charge in [-0.15, -0.1) is 11.3 Å². The molecule has 1 aliphatic heterocycles. The molecule has 34 heavy (non-hydrogen) atoms. The molecule has 0 radical (unpaired) electrons. The number of thiazole rings is 1. The summed E-state index contributed by atoms with van der Waals surface area (Å²) in [6.45, 7) is 0. The van der Waals surface area contributed by atoms with Crippen LogP contribution in [0.5, 0.6) is 11.5 Å². The zero-order valence-electron chi connectivity index (χ0n) is 18.8. The van der Waals surface area contributed by atoms with Gasteiger partial charge in [0.25, 0.3) is 5.56 Å². The van der Waals surface area contributed by atoms with Crippen LogP contribution in [0.2, 0.25) is 0 Å². The lowest BCUT2D eigenvalue weighted by Gasteiger charge is -2.31. The third-order valence-corrected chi connectivity index (χ3v) is 8.22. The van der Waals surface area contributed by atoms with Crippen molar-refractivity contribution in [3.63, 3.8) is 0 Å². The van der Waals surface area contributed by atoms with Crippen LogP contribution in [-0.2, 0) is 6.42 Å². The molecule has 2 aliphatic rings. The number of methoxy groups -OCH3 is 2. The fraction of sp³-hybridized carbons (Fsp3) is 0.185. The average Bonchev–Trinajstić information content (AvgIpc) is 3.50. The molecule has 2 aromatic carbocycles. The van der Waals surface area contributed by atoms with Crippen molar-refractivity contribution in [1.29, 1.82) is 0 Å². The molecular weight excluding hydrogens is 464 g/mol. The van der Waals surface area contributed by atoms with Crippen LogP contribution >= 0.6 is 22.7 Å². The first-order valence-electron chi connectivity index (χ1n) is 11.1. The third-order valence-electron chi connectivity index (χ3n) is 6.42. The number of ether oxygens (including phenoxy) is 2. The van der Waals surface area contributed by atoms with Crippen LogP contribution in [0.4, 0.5) is 0 Å². The van der Waals surface area contributed by atoms with E-state index in [1.807, 2.05) is 46.4 Å². The molecule has 0 saturated heterocycles. The average molecular weight is 487 g/mol. The molecule has 1 atom stereocenters. The third kappa shape index (κ3) is 3.27. The highest BCUT2D eigenvalue weighted by Gasteiger charge is 2.34. The Bertz CT molecular complexity index is 1610. The highest BCUT2D eigenvalue weighted by molar-refractivity contribution is 7.11. The second-order valence-electron chi connectivity index (χ2n) is 8.21. The fourth-order valence-corrected chi connectivity index (χ4v) is 6.65. The number of fused-ring (bicyclic) bond motifs is 3. The monoisotopic (exact) mass is 486 g/mol. The van der Waals surface area contributed by atoms with Gasteiger partial charge in [-0.1, -0.05) is 53.8 Å². The van der Waals surface area contributed by atoms with Gasteiger partial charge in [0.15, 0.2) is 16.3 Å². The number of hydrogen-bond acceptors (Lipinski definition) is 6. The molecule has 5 nitrogen and oxygen atoms in total. The normalized spacial score (nSPS) is 17.0. The van der Waals surface area contributed by atoms with Crippen molar-refractivity contribution in [2.75, 3.05) is 14.2 Å². The van der Waals surface area contributed by atoms with Gasteiger partial charge in [0, 0.05) is 16.0 Å². The van der Waals surface area contributed by atoms with Gasteiger partial charge in [-0.25, -0.2) is 4.99 Å². The molecule has 170 valence electrons. The van der Waals surface area contributed by atoms with E-state index >= 15 is 0 Å². The predicted molar refractivity (Wildman–Crippen MR) is 137 cm³/mol. The van der Waals surface area contributed by atoms with Gasteiger partial charge in [0.05, 0.1) is 30.5 Å². The first kappa shape index (κ1) is 21.1. The summed E-state index contributed by atoms with van der Waals surface area (Å²) in [5.74, 6) is 1.30. The maximum absolute atomic E-state index is 13.8. The molecule has 0 amide bonds. The lowest BCUT2D eigenvalue weighted by Crippen LogP contribution is -2.39. The van der Waals surface area contributed by atoms with E-state index in [1.54, 1.807) is 25.6 Å². The van der Waals surface area contributed by atoms with Crippen molar-refractivity contribution in [2.45, 2.75) is 18.9 Å². The minimum absolute atomic E-state index is 0.0302. The molecule has 0 unspecified atom stereocenters. The second kappa shape index (κ2) is 8.42. The van der Waals surface area contributed by atoms with Gasteiger partial charge in [0.2, 0.25) is 0 Å². The van der Waals surface area contributed by atoms with Crippen molar-refractivity contribution < 1.29 is 9.47 Å². The van der Waals surface area contributed by atoms with E-state index in [1.165, 1.54) is 16.9 Å². The quantitative estimate of drug-likeness (QED) is 0.430. The van der Waals surface area contributed by atoms with Gasteiger partial charge in [-0.3, -0.25) is 9.36 Å². The summed E-state index contributed by atoms with van der Waals surface area (Å²) in [5, 5.41) is 2.02. The number of aryl methyl sites for hydroxylation is 1. The fourth-order valence-electron chi connectivity index (χ4n) is 4.93. The summed E-state index contributed by atoms with van der Waals surface area (Å²) >= 11 is 3.06. The lowest BCUT2D eigenvalue weighted by molar-refractivity contribution is 0.348. The van der Waals surface area contributed by atoms with E-state index in [0.29, 0.717) is 20.8 Å². The van der Waals surface area contributed by atoms with E-state index in [2.05, 4.69) is 24.3 Å². The molecule has 2 aromatic heterocycles. The van der Waals surface area contributed by atoms with Crippen LogP contribution in [0.3, 0.4) is 0 Å². The predicted octanol–water partition coefficient (Wildman–Crippen LogP) is 4.40. The zero-order chi connectivity index (χ0) is 23.2. The minimum atomic E-state index is -0.310. The number of nitrogens with zero attached hydrogens (tertiary/aromatic N) is 2. The topological polar surface area (TPSA) is 52.8 Å². The van der Waals surface area contributed by atoms with Crippen molar-refractivity contribution in [1.82, 2.24) is 4.57 Å². The Labute approximate surface area is 204 Å². The molecule has 0 fully saturated rings. The summed E-state index contributed by atoms with van der Waals surface area (Å²) in [5.41, 5.74) is 5.43. The van der Waals surface area contributed by atoms with Crippen LogP contribution in [0.1, 0.15) is 34.0 Å². The van der Waals surface area contributed by atoms with E-state index in [0.717, 1.165) is 40.1 Å². The lowest BCUT2D eigenvalue weighted by atomic mass is 9.83. The Balaban J connectivity index is 1.68. The molecule has 0 spiro atoms. The minimum Gasteiger partial charge on any atom is -0.493 e. The van der Waals surface area contributed by atoms with Gasteiger partial charge in [0.1, 0.15) is 0 Å². The number of para-hydroxylation sites is 1. The molecule has 6 rings (SSSR count). The van der Waals surface area contributed by atoms with Gasteiger partial charge in [-0.05, 0) is 47.6 Å². The van der Waals surface area contributed by atoms with Crippen molar-refractivity contribution >= 4 is 34.4 Å². The zero-order valence-corrected chi connectivity index (χ0v) is 20.4. The van der Waals surface area contributed by atoms with Gasteiger partial charge >= 0.3 is 0 Å². The van der Waals surface area contributed by atoms with Gasteiger partial charge in [-0.2, -0.15) is 0 Å². The summed E-state index contributed by atoms with van der Waals surface area (Å²) in [4.78, 5) is 20.6. The highest BCUT2D eigenvalue weighted by atomic mass is 32.1. The SMILES string of the molecule is COc1cccc([C@@H]2C3=C(N=c4s/c(=C/c5cccs5)c(=O)n42)c2ccccc2CC3)c1OC. The van der Waals surface area contributed by atoms with E-state index in [4.69, 9.17) is 14.5 Å². The standard InChI is InChI=1S/C27H22N2O3S2/c1-31-21-11-5-10-20(25(21)32-2)24-19-13-12-16-7-3-4-9-18(16)23(19)28-27-29(24)26(30)22(34-27)15-17-8-6-14-33-17/h3-11,14-15,24H,12-13H2,1-2H3/b22-15+/t24-/m0/s1. The van der Waals surface area contributed by atoms with Crippen LogP contribution in [0.25, 0.3) is 11.8 Å². The molecule has 1 aliphatic carbocycles. The van der Waals surface area contributed by atoms with Gasteiger partial charge < -0.3 is 9.47 Å². The molecule has 3 heterocycles. The van der Waals surface area contributed by atoms with E-state index < -0.39 is 0 Å². The highest BCUT2D eigenvalue weighted by Crippen LogP contribution is 2.45. The Kier molecular flexibility index (Phi) is 5.23. The van der Waals surface area contributed by atoms with Crippen molar-refractivity contribution in [3.05, 3.63) is 107 Å². The summed E-state index contributed by atoms with van der Waals surface area (Å²) in [6.07, 6.45) is 3.70. The first-order valence-corrected chi connectivity index (χ1v) is 12.8. The maximum Gasteiger partial charge on any atom is 0.271 e. The van der Waals surface area contributed by atoms with Crippen molar-refractivity contribution in [3.8, 4) is 11.5 Å².